The van der Waals surface area contributed by atoms with Gasteiger partial charge in [0.2, 0.25) is 0 Å². The molecule has 1 heterocycles. The van der Waals surface area contributed by atoms with Crippen LogP contribution in [-0.4, -0.2) is 6.54 Å². The van der Waals surface area contributed by atoms with E-state index in [2.05, 4.69) is 35.6 Å². The Labute approximate surface area is 106 Å². The van der Waals surface area contributed by atoms with Gasteiger partial charge in [0, 0.05) is 11.6 Å². The average Bonchev–Trinajstić information content (AvgIpc) is 2.39. The van der Waals surface area contributed by atoms with Crippen LogP contribution < -0.4 is 5.32 Å². The molecule has 2 aromatic rings. The van der Waals surface area contributed by atoms with Crippen molar-refractivity contribution in [3.05, 3.63) is 70.2 Å². The van der Waals surface area contributed by atoms with Gasteiger partial charge < -0.3 is 5.32 Å². The lowest BCUT2D eigenvalue weighted by molar-refractivity contribution is 0.568. The summed E-state index contributed by atoms with van der Waals surface area (Å²) in [6.45, 7) is 1.01. The molecule has 0 amide bonds. The van der Waals surface area contributed by atoms with Crippen LogP contribution >= 0.6 is 11.6 Å². The smallest absolute Gasteiger partial charge is 0.0594 e. The van der Waals surface area contributed by atoms with Gasteiger partial charge in [-0.2, -0.15) is 0 Å². The van der Waals surface area contributed by atoms with E-state index in [1.54, 1.807) is 0 Å². The molecule has 0 saturated carbocycles. The Kier molecular flexibility index (Phi) is 2.87. The molecule has 0 radical (unpaired) electrons. The van der Waals surface area contributed by atoms with Crippen LogP contribution in [0.4, 0.5) is 0 Å². The fourth-order valence-corrected chi connectivity index (χ4v) is 2.74. The summed E-state index contributed by atoms with van der Waals surface area (Å²) < 4.78 is 0. The summed E-state index contributed by atoms with van der Waals surface area (Å²) in [5.41, 5.74) is 3.95. The van der Waals surface area contributed by atoms with Gasteiger partial charge in [-0.25, -0.2) is 0 Å². The van der Waals surface area contributed by atoms with E-state index >= 15 is 0 Å². The molecule has 0 aromatic heterocycles. The zero-order chi connectivity index (χ0) is 11.7. The van der Waals surface area contributed by atoms with Gasteiger partial charge in [-0.3, -0.25) is 0 Å². The molecule has 0 fully saturated rings. The highest BCUT2D eigenvalue weighted by Gasteiger charge is 2.21. The van der Waals surface area contributed by atoms with Crippen LogP contribution in [0.1, 0.15) is 22.7 Å². The Balaban J connectivity index is 2.09. The topological polar surface area (TPSA) is 12.0 Å². The summed E-state index contributed by atoms with van der Waals surface area (Å²) in [6, 6.07) is 16.9. The number of fused-ring (bicyclic) bond motifs is 1. The molecule has 1 aliphatic heterocycles. The summed E-state index contributed by atoms with van der Waals surface area (Å²) in [5.74, 6) is 0. The van der Waals surface area contributed by atoms with Crippen molar-refractivity contribution in [2.24, 2.45) is 0 Å². The number of halogens is 1. The van der Waals surface area contributed by atoms with Gasteiger partial charge in [0.05, 0.1) is 6.04 Å². The van der Waals surface area contributed by atoms with Gasteiger partial charge in [0.1, 0.15) is 0 Å². The van der Waals surface area contributed by atoms with Crippen molar-refractivity contribution in [2.75, 3.05) is 6.54 Å². The van der Waals surface area contributed by atoms with Crippen molar-refractivity contribution < 1.29 is 0 Å². The van der Waals surface area contributed by atoms with Crippen molar-refractivity contribution in [1.29, 1.82) is 0 Å². The molecular weight excluding hydrogens is 230 g/mol. The Hall–Kier alpha value is -1.31. The van der Waals surface area contributed by atoms with Gasteiger partial charge in [-0.05, 0) is 29.2 Å². The molecule has 0 bridgehead atoms. The van der Waals surface area contributed by atoms with E-state index in [1.807, 2.05) is 18.2 Å². The summed E-state index contributed by atoms with van der Waals surface area (Å²) >= 11 is 6.28. The predicted molar refractivity (Wildman–Crippen MR) is 71.4 cm³/mol. The minimum absolute atomic E-state index is 0.230. The Morgan fingerprint density at radius 3 is 2.47 bits per heavy atom. The monoisotopic (exact) mass is 243 g/mol. The number of rotatable bonds is 1. The lowest BCUT2D eigenvalue weighted by atomic mass is 9.90. The summed E-state index contributed by atoms with van der Waals surface area (Å²) in [5, 5.41) is 4.38. The van der Waals surface area contributed by atoms with Crippen LogP contribution in [-0.2, 0) is 6.42 Å². The Morgan fingerprint density at radius 1 is 0.941 bits per heavy atom. The van der Waals surface area contributed by atoms with E-state index in [9.17, 15) is 0 Å². The summed E-state index contributed by atoms with van der Waals surface area (Å²) in [4.78, 5) is 0. The first-order chi connectivity index (χ1) is 8.36. The zero-order valence-corrected chi connectivity index (χ0v) is 10.2. The Bertz CT molecular complexity index is 536. The quantitative estimate of drug-likeness (QED) is 0.808. The van der Waals surface area contributed by atoms with Gasteiger partial charge >= 0.3 is 0 Å². The number of hydrogen-bond acceptors (Lipinski definition) is 1. The third-order valence-electron chi connectivity index (χ3n) is 3.33. The van der Waals surface area contributed by atoms with Gasteiger partial charge in [0.25, 0.3) is 0 Å². The minimum atomic E-state index is 0.230. The molecule has 1 N–H and O–H groups in total. The highest BCUT2D eigenvalue weighted by Crippen LogP contribution is 2.32. The Morgan fingerprint density at radius 2 is 1.65 bits per heavy atom. The van der Waals surface area contributed by atoms with Crippen LogP contribution in [0.15, 0.2) is 48.5 Å². The molecule has 2 aromatic carbocycles. The van der Waals surface area contributed by atoms with Crippen molar-refractivity contribution in [3.63, 3.8) is 0 Å². The number of hydrogen-bond donors (Lipinski definition) is 1. The minimum Gasteiger partial charge on any atom is -0.306 e. The zero-order valence-electron chi connectivity index (χ0n) is 9.49. The van der Waals surface area contributed by atoms with Crippen LogP contribution in [0.3, 0.4) is 0 Å². The first-order valence-electron chi connectivity index (χ1n) is 5.92. The molecule has 3 rings (SSSR count). The summed E-state index contributed by atoms with van der Waals surface area (Å²) in [6.07, 6.45) is 1.09. The molecule has 86 valence electrons. The van der Waals surface area contributed by atoms with Crippen LogP contribution in [0.2, 0.25) is 5.02 Å². The van der Waals surface area contributed by atoms with Crippen molar-refractivity contribution in [3.8, 4) is 0 Å². The maximum atomic E-state index is 6.28. The van der Waals surface area contributed by atoms with E-state index in [-0.39, 0.29) is 6.04 Å². The molecule has 0 aliphatic carbocycles. The second-order valence-corrected chi connectivity index (χ2v) is 4.76. The third kappa shape index (κ3) is 1.97. The van der Waals surface area contributed by atoms with E-state index in [4.69, 9.17) is 11.6 Å². The number of nitrogens with one attached hydrogen (secondary N) is 1. The van der Waals surface area contributed by atoms with Gasteiger partial charge in [-0.1, -0.05) is 54.1 Å². The number of benzene rings is 2. The molecule has 2 heteroatoms. The molecule has 1 aliphatic rings. The fourth-order valence-electron chi connectivity index (χ4n) is 2.49. The molecule has 0 saturated heterocycles. The van der Waals surface area contributed by atoms with Crippen LogP contribution in [0.5, 0.6) is 0 Å². The SMILES string of the molecule is Clc1ccccc1[C@H]1NCCc2ccccc21. The van der Waals surface area contributed by atoms with Gasteiger partial charge in [-0.15, -0.1) is 0 Å². The normalized spacial score (nSPS) is 18.8. The molecule has 0 spiro atoms. The lowest BCUT2D eigenvalue weighted by Gasteiger charge is -2.27. The first-order valence-corrected chi connectivity index (χ1v) is 6.29. The molecule has 1 atom stereocenters. The third-order valence-corrected chi connectivity index (χ3v) is 3.67. The molecule has 0 unspecified atom stereocenters. The first kappa shape index (κ1) is 10.8. The van der Waals surface area contributed by atoms with E-state index in [0.29, 0.717) is 0 Å². The highest BCUT2D eigenvalue weighted by molar-refractivity contribution is 6.31. The molecular formula is C15H14ClN. The maximum Gasteiger partial charge on any atom is 0.0594 e. The standard InChI is InChI=1S/C15H14ClN/c16-14-8-4-3-7-13(14)15-12-6-2-1-5-11(12)9-10-17-15/h1-8,15,17H,9-10H2/t15-/m0/s1. The molecule has 1 nitrogen and oxygen atoms in total. The highest BCUT2D eigenvalue weighted by atomic mass is 35.5. The largest absolute Gasteiger partial charge is 0.306 e. The second kappa shape index (κ2) is 4.52. The van der Waals surface area contributed by atoms with Crippen LogP contribution in [0, 0.1) is 0 Å². The maximum absolute atomic E-state index is 6.28. The lowest BCUT2D eigenvalue weighted by Crippen LogP contribution is -2.30. The summed E-state index contributed by atoms with van der Waals surface area (Å²) in [7, 11) is 0. The fraction of sp³-hybridized carbons (Fsp3) is 0.200. The van der Waals surface area contributed by atoms with E-state index in [0.717, 1.165) is 18.0 Å². The van der Waals surface area contributed by atoms with Crippen LogP contribution in [0.25, 0.3) is 0 Å². The molecule has 17 heavy (non-hydrogen) atoms. The van der Waals surface area contributed by atoms with Crippen molar-refractivity contribution in [1.82, 2.24) is 5.32 Å². The van der Waals surface area contributed by atoms with Crippen molar-refractivity contribution >= 4 is 11.6 Å². The second-order valence-electron chi connectivity index (χ2n) is 4.36. The predicted octanol–water partition coefficient (Wildman–Crippen LogP) is 3.58. The van der Waals surface area contributed by atoms with Crippen molar-refractivity contribution in [2.45, 2.75) is 12.5 Å². The average molecular weight is 244 g/mol. The van der Waals surface area contributed by atoms with E-state index in [1.165, 1.54) is 16.7 Å². The van der Waals surface area contributed by atoms with Gasteiger partial charge in [0.15, 0.2) is 0 Å². The van der Waals surface area contributed by atoms with E-state index < -0.39 is 0 Å².